The zero-order valence-electron chi connectivity index (χ0n) is 16.2. The molecule has 2 N–H and O–H groups in total. The Labute approximate surface area is 173 Å². The molecule has 0 aliphatic carbocycles. The van der Waals surface area contributed by atoms with Gasteiger partial charge in [-0.1, -0.05) is 24.3 Å². The summed E-state index contributed by atoms with van der Waals surface area (Å²) >= 11 is 0. The first-order valence-electron chi connectivity index (χ1n) is 9.38. The van der Waals surface area contributed by atoms with Crippen molar-refractivity contribution < 1.29 is 4.79 Å². The first kappa shape index (κ1) is 19.0. The molecule has 0 aliphatic heterocycles. The zero-order valence-corrected chi connectivity index (χ0v) is 16.2. The van der Waals surface area contributed by atoms with Crippen LogP contribution in [0.15, 0.2) is 73.2 Å². The van der Waals surface area contributed by atoms with Gasteiger partial charge in [-0.2, -0.15) is 5.26 Å². The minimum absolute atomic E-state index is 0.0447. The molecule has 7 heteroatoms. The van der Waals surface area contributed by atoms with Crippen LogP contribution in [0.4, 0.5) is 11.5 Å². The number of para-hydroxylation sites is 1. The number of anilines is 2. The molecular weight excluding hydrogens is 376 g/mol. The number of pyridine rings is 1. The van der Waals surface area contributed by atoms with Gasteiger partial charge in [0.05, 0.1) is 17.1 Å². The Morgan fingerprint density at radius 1 is 1.03 bits per heavy atom. The Hall–Kier alpha value is -4.31. The second-order valence-electron chi connectivity index (χ2n) is 6.73. The SMILES string of the molecule is C[C@@H](Nc1ncnc2ccccc12)c1cccc(NC(=O)c2ccc(C#N)nc2)c1. The molecule has 0 aliphatic rings. The third-order valence-corrected chi connectivity index (χ3v) is 4.68. The lowest BCUT2D eigenvalue weighted by molar-refractivity contribution is 0.102. The number of nitrogens with one attached hydrogen (secondary N) is 2. The van der Waals surface area contributed by atoms with E-state index in [-0.39, 0.29) is 17.6 Å². The molecule has 4 rings (SSSR count). The third-order valence-electron chi connectivity index (χ3n) is 4.68. The van der Waals surface area contributed by atoms with Crippen molar-refractivity contribution >= 4 is 28.3 Å². The molecule has 146 valence electrons. The van der Waals surface area contributed by atoms with Crippen molar-refractivity contribution in [3.05, 3.63) is 90.0 Å². The molecule has 0 bridgehead atoms. The van der Waals surface area contributed by atoms with Crippen molar-refractivity contribution in [1.29, 1.82) is 5.26 Å². The van der Waals surface area contributed by atoms with E-state index in [2.05, 4.69) is 25.6 Å². The molecule has 0 saturated carbocycles. The normalized spacial score (nSPS) is 11.5. The fraction of sp³-hybridized carbons (Fsp3) is 0.0870. The Bertz CT molecular complexity index is 1240. The molecule has 2 aromatic carbocycles. The summed E-state index contributed by atoms with van der Waals surface area (Å²) in [5, 5.41) is 16.1. The highest BCUT2D eigenvalue weighted by Crippen LogP contribution is 2.25. The second kappa shape index (κ2) is 8.37. The molecule has 4 aromatic rings. The summed E-state index contributed by atoms with van der Waals surface area (Å²) in [4.78, 5) is 25.1. The highest BCUT2D eigenvalue weighted by Gasteiger charge is 2.11. The second-order valence-corrected chi connectivity index (χ2v) is 6.73. The molecule has 1 atom stereocenters. The summed E-state index contributed by atoms with van der Waals surface area (Å²) in [6.07, 6.45) is 2.93. The van der Waals surface area contributed by atoms with Gasteiger partial charge in [0, 0.05) is 17.3 Å². The molecule has 1 amide bonds. The van der Waals surface area contributed by atoms with Gasteiger partial charge in [0.2, 0.25) is 0 Å². The number of fused-ring (bicyclic) bond motifs is 1. The van der Waals surface area contributed by atoms with Crippen LogP contribution in [0.5, 0.6) is 0 Å². The molecule has 7 nitrogen and oxygen atoms in total. The lowest BCUT2D eigenvalue weighted by Crippen LogP contribution is -2.13. The van der Waals surface area contributed by atoms with E-state index in [1.807, 2.05) is 61.5 Å². The average molecular weight is 394 g/mol. The van der Waals surface area contributed by atoms with Gasteiger partial charge in [0.1, 0.15) is 23.9 Å². The highest BCUT2D eigenvalue weighted by molar-refractivity contribution is 6.04. The number of benzene rings is 2. The lowest BCUT2D eigenvalue weighted by Gasteiger charge is -2.17. The van der Waals surface area contributed by atoms with E-state index in [0.717, 1.165) is 22.3 Å². The van der Waals surface area contributed by atoms with Crippen LogP contribution in [0.1, 0.15) is 34.6 Å². The molecule has 0 spiro atoms. The van der Waals surface area contributed by atoms with E-state index >= 15 is 0 Å². The van der Waals surface area contributed by atoms with Gasteiger partial charge in [-0.25, -0.2) is 15.0 Å². The maximum atomic E-state index is 12.5. The van der Waals surface area contributed by atoms with Crippen LogP contribution in [-0.4, -0.2) is 20.9 Å². The number of carbonyl (C=O) groups is 1. The summed E-state index contributed by atoms with van der Waals surface area (Å²) in [6.45, 7) is 2.03. The molecule has 0 unspecified atom stereocenters. The summed E-state index contributed by atoms with van der Waals surface area (Å²) in [7, 11) is 0. The van der Waals surface area contributed by atoms with Gasteiger partial charge in [0.25, 0.3) is 5.91 Å². The molecule has 30 heavy (non-hydrogen) atoms. The molecule has 0 fully saturated rings. The van der Waals surface area contributed by atoms with E-state index < -0.39 is 0 Å². The Kier molecular flexibility index (Phi) is 5.31. The number of aromatic nitrogens is 3. The number of amides is 1. The number of nitriles is 1. The van der Waals surface area contributed by atoms with Gasteiger partial charge in [-0.05, 0) is 48.9 Å². The highest BCUT2D eigenvalue weighted by atomic mass is 16.1. The predicted molar refractivity (Wildman–Crippen MR) is 115 cm³/mol. The van der Waals surface area contributed by atoms with Crippen molar-refractivity contribution in [2.24, 2.45) is 0 Å². The first-order chi connectivity index (χ1) is 14.6. The first-order valence-corrected chi connectivity index (χ1v) is 9.38. The number of nitrogens with zero attached hydrogens (tertiary/aromatic N) is 4. The lowest BCUT2D eigenvalue weighted by atomic mass is 10.1. The molecule has 0 radical (unpaired) electrons. The average Bonchev–Trinajstić information content (AvgIpc) is 2.79. The van der Waals surface area contributed by atoms with E-state index in [1.54, 1.807) is 12.4 Å². The molecular formula is C23H18N6O. The number of hydrogen-bond donors (Lipinski definition) is 2. The minimum atomic E-state index is -0.286. The maximum Gasteiger partial charge on any atom is 0.257 e. The number of carbonyl (C=O) groups excluding carboxylic acids is 1. The standard InChI is InChI=1S/C23H18N6O/c1-15(28-22-20-7-2-3-8-21(20)26-14-27-22)16-5-4-6-18(11-16)29-23(30)17-9-10-19(12-24)25-13-17/h2-11,13-15H,1H3,(H,29,30)(H,26,27,28)/t15-/m1/s1. The van der Waals surface area contributed by atoms with Crippen LogP contribution < -0.4 is 10.6 Å². The van der Waals surface area contributed by atoms with Gasteiger partial charge >= 0.3 is 0 Å². The quantitative estimate of drug-likeness (QED) is 0.522. The largest absolute Gasteiger partial charge is 0.363 e. The Morgan fingerprint density at radius 2 is 1.90 bits per heavy atom. The van der Waals surface area contributed by atoms with Crippen molar-refractivity contribution in [3.63, 3.8) is 0 Å². The monoisotopic (exact) mass is 394 g/mol. The smallest absolute Gasteiger partial charge is 0.257 e. The number of rotatable bonds is 5. The summed E-state index contributed by atoms with van der Waals surface area (Å²) < 4.78 is 0. The van der Waals surface area contributed by atoms with Crippen molar-refractivity contribution in [2.75, 3.05) is 10.6 Å². The summed E-state index contributed by atoms with van der Waals surface area (Å²) in [6, 6.07) is 20.4. The van der Waals surface area contributed by atoms with Crippen LogP contribution in [0, 0.1) is 11.3 Å². The Balaban J connectivity index is 1.51. The van der Waals surface area contributed by atoms with Gasteiger partial charge in [-0.15, -0.1) is 0 Å². The summed E-state index contributed by atoms with van der Waals surface area (Å²) in [5.74, 6) is 0.470. The molecule has 2 heterocycles. The van der Waals surface area contributed by atoms with Gasteiger partial charge in [-0.3, -0.25) is 4.79 Å². The van der Waals surface area contributed by atoms with Crippen molar-refractivity contribution in [2.45, 2.75) is 13.0 Å². The van der Waals surface area contributed by atoms with E-state index in [4.69, 9.17) is 5.26 Å². The molecule has 2 aromatic heterocycles. The number of hydrogen-bond acceptors (Lipinski definition) is 6. The fourth-order valence-electron chi connectivity index (χ4n) is 3.09. The fourth-order valence-corrected chi connectivity index (χ4v) is 3.09. The van der Waals surface area contributed by atoms with E-state index in [0.29, 0.717) is 11.3 Å². The van der Waals surface area contributed by atoms with E-state index in [1.165, 1.54) is 12.3 Å². The maximum absolute atomic E-state index is 12.5. The van der Waals surface area contributed by atoms with Crippen LogP contribution in [0.3, 0.4) is 0 Å². The van der Waals surface area contributed by atoms with Crippen molar-refractivity contribution in [3.8, 4) is 6.07 Å². The predicted octanol–water partition coefficient (Wildman–Crippen LogP) is 4.32. The third kappa shape index (κ3) is 4.08. The van der Waals surface area contributed by atoms with Crippen molar-refractivity contribution in [1.82, 2.24) is 15.0 Å². The zero-order chi connectivity index (χ0) is 20.9. The van der Waals surface area contributed by atoms with Gasteiger partial charge in [0.15, 0.2) is 0 Å². The molecule has 0 saturated heterocycles. The van der Waals surface area contributed by atoms with Crippen LogP contribution in [0.2, 0.25) is 0 Å². The summed E-state index contributed by atoms with van der Waals surface area (Å²) in [5.41, 5.74) is 3.19. The van der Waals surface area contributed by atoms with E-state index in [9.17, 15) is 4.79 Å². The van der Waals surface area contributed by atoms with Gasteiger partial charge < -0.3 is 10.6 Å². The van der Waals surface area contributed by atoms with Crippen LogP contribution in [0.25, 0.3) is 10.9 Å². The van der Waals surface area contributed by atoms with Crippen LogP contribution in [-0.2, 0) is 0 Å². The minimum Gasteiger partial charge on any atom is -0.363 e. The topological polar surface area (TPSA) is 104 Å². The Morgan fingerprint density at radius 3 is 2.70 bits per heavy atom. The van der Waals surface area contributed by atoms with Crippen LogP contribution >= 0.6 is 0 Å².